The quantitative estimate of drug-likeness (QED) is 0.680. The lowest BCUT2D eigenvalue weighted by atomic mass is 10.2. The smallest absolute Gasteiger partial charge is 0.252 e. The van der Waals surface area contributed by atoms with Gasteiger partial charge in [-0.15, -0.1) is 0 Å². The molecule has 0 aliphatic heterocycles. The first-order valence-electron chi connectivity index (χ1n) is 8.48. The Balaban J connectivity index is 1.89. The molecule has 0 saturated heterocycles. The second-order valence-corrected chi connectivity index (χ2v) is 8.68. The van der Waals surface area contributed by atoms with Gasteiger partial charge in [0, 0.05) is 32.9 Å². The maximum atomic E-state index is 12.3. The Hall–Kier alpha value is -2.25. The van der Waals surface area contributed by atoms with Crippen LogP contribution in [0.4, 0.5) is 11.4 Å². The first kappa shape index (κ1) is 21.1. The maximum Gasteiger partial charge on any atom is 0.252 e. The van der Waals surface area contributed by atoms with Gasteiger partial charge in [-0.3, -0.25) is 9.10 Å². The Labute approximate surface area is 165 Å². The van der Waals surface area contributed by atoms with Crippen molar-refractivity contribution >= 4 is 38.9 Å². The van der Waals surface area contributed by atoms with Crippen LogP contribution in [0.2, 0.25) is 5.02 Å². The van der Waals surface area contributed by atoms with Crippen LogP contribution in [-0.2, 0) is 10.0 Å². The van der Waals surface area contributed by atoms with E-state index < -0.39 is 10.0 Å². The van der Waals surface area contributed by atoms with Crippen LogP contribution in [0.15, 0.2) is 48.5 Å². The van der Waals surface area contributed by atoms with Gasteiger partial charge in [0.05, 0.1) is 22.5 Å². The van der Waals surface area contributed by atoms with Gasteiger partial charge in [-0.25, -0.2) is 8.42 Å². The van der Waals surface area contributed by atoms with E-state index in [-0.39, 0.29) is 10.9 Å². The van der Waals surface area contributed by atoms with E-state index in [9.17, 15) is 13.2 Å². The van der Waals surface area contributed by atoms with Crippen LogP contribution in [0.5, 0.6) is 0 Å². The summed E-state index contributed by atoms with van der Waals surface area (Å²) in [6.07, 6.45) is 1.89. The second-order valence-electron chi connectivity index (χ2n) is 6.26. The van der Waals surface area contributed by atoms with Gasteiger partial charge in [0.25, 0.3) is 5.91 Å². The normalized spacial score (nSPS) is 11.1. The van der Waals surface area contributed by atoms with Crippen molar-refractivity contribution in [3.8, 4) is 0 Å². The summed E-state index contributed by atoms with van der Waals surface area (Å²) in [6.45, 7) is 1.31. The third kappa shape index (κ3) is 5.87. The molecule has 0 aliphatic rings. The standard InChI is InChI=1S/C19H24ClN3O3S/c1-22(15-8-5-4-6-9-15)13-7-12-21-19(24)17-11-10-16(14-18(17)20)23(2)27(3,25)26/h4-6,8-11,14H,7,12-13H2,1-3H3,(H,21,24). The maximum absolute atomic E-state index is 12.3. The molecule has 0 fully saturated rings. The molecule has 0 bridgehead atoms. The van der Waals surface area contributed by atoms with Crippen molar-refractivity contribution in [3.63, 3.8) is 0 Å². The number of hydrogen-bond acceptors (Lipinski definition) is 4. The van der Waals surface area contributed by atoms with Crippen LogP contribution in [0, 0.1) is 0 Å². The van der Waals surface area contributed by atoms with Gasteiger partial charge >= 0.3 is 0 Å². The number of hydrogen-bond donors (Lipinski definition) is 1. The average molecular weight is 410 g/mol. The summed E-state index contributed by atoms with van der Waals surface area (Å²) in [7, 11) is 0.0546. The van der Waals surface area contributed by atoms with E-state index in [0.717, 1.165) is 29.2 Å². The summed E-state index contributed by atoms with van der Waals surface area (Å²) in [6, 6.07) is 14.6. The first-order chi connectivity index (χ1) is 12.7. The molecule has 2 aromatic rings. The number of nitrogens with one attached hydrogen (secondary N) is 1. The van der Waals surface area contributed by atoms with Crippen molar-refractivity contribution in [2.75, 3.05) is 42.6 Å². The fourth-order valence-electron chi connectivity index (χ4n) is 2.50. The van der Waals surface area contributed by atoms with Crippen molar-refractivity contribution in [3.05, 3.63) is 59.1 Å². The number of carbonyl (C=O) groups excluding carboxylic acids is 1. The second kappa shape index (κ2) is 9.10. The SMILES string of the molecule is CN(CCCNC(=O)c1ccc(N(C)S(C)(=O)=O)cc1Cl)c1ccccc1. The summed E-state index contributed by atoms with van der Waals surface area (Å²) in [5.41, 5.74) is 1.85. The summed E-state index contributed by atoms with van der Waals surface area (Å²) < 4.78 is 24.3. The lowest BCUT2D eigenvalue weighted by Gasteiger charge is -2.19. The van der Waals surface area contributed by atoms with Gasteiger partial charge in [0.2, 0.25) is 10.0 Å². The molecule has 0 atom stereocenters. The molecule has 1 amide bonds. The molecule has 2 aromatic carbocycles. The Morgan fingerprint density at radius 3 is 2.33 bits per heavy atom. The topological polar surface area (TPSA) is 69.7 Å². The Morgan fingerprint density at radius 1 is 1.07 bits per heavy atom. The van der Waals surface area contributed by atoms with E-state index in [1.165, 1.54) is 19.2 Å². The lowest BCUT2D eigenvalue weighted by molar-refractivity contribution is 0.0953. The van der Waals surface area contributed by atoms with E-state index in [0.29, 0.717) is 17.8 Å². The lowest BCUT2D eigenvalue weighted by Crippen LogP contribution is -2.28. The molecule has 0 unspecified atom stereocenters. The molecular formula is C19H24ClN3O3S. The number of rotatable bonds is 8. The summed E-state index contributed by atoms with van der Waals surface area (Å²) >= 11 is 6.17. The van der Waals surface area contributed by atoms with Crippen LogP contribution < -0.4 is 14.5 Å². The van der Waals surface area contributed by atoms with Crippen LogP contribution >= 0.6 is 11.6 Å². The molecule has 8 heteroatoms. The van der Waals surface area contributed by atoms with Crippen molar-refractivity contribution in [2.24, 2.45) is 0 Å². The minimum absolute atomic E-state index is 0.210. The highest BCUT2D eigenvalue weighted by Gasteiger charge is 2.16. The Morgan fingerprint density at radius 2 is 1.74 bits per heavy atom. The van der Waals surface area contributed by atoms with Crippen molar-refractivity contribution < 1.29 is 13.2 Å². The molecule has 2 rings (SSSR count). The number of nitrogens with zero attached hydrogens (tertiary/aromatic N) is 2. The zero-order valence-electron chi connectivity index (χ0n) is 15.6. The van der Waals surface area contributed by atoms with Crippen LogP contribution in [-0.4, -0.2) is 47.8 Å². The highest BCUT2D eigenvalue weighted by atomic mass is 35.5. The highest BCUT2D eigenvalue weighted by Crippen LogP contribution is 2.24. The van der Waals surface area contributed by atoms with E-state index in [4.69, 9.17) is 11.6 Å². The Kier molecular flexibility index (Phi) is 7.10. The third-order valence-corrected chi connectivity index (χ3v) is 5.73. The number of sulfonamides is 1. The van der Waals surface area contributed by atoms with Gasteiger partial charge in [0.1, 0.15) is 0 Å². The molecule has 0 saturated carbocycles. The molecule has 1 N–H and O–H groups in total. The van der Waals surface area contributed by atoms with Crippen LogP contribution in [0.1, 0.15) is 16.8 Å². The van der Waals surface area contributed by atoms with Gasteiger partial charge < -0.3 is 10.2 Å². The number of amides is 1. The summed E-state index contributed by atoms with van der Waals surface area (Å²) in [5, 5.41) is 3.05. The Bertz CT molecular complexity index is 888. The van der Waals surface area contributed by atoms with Crippen molar-refractivity contribution in [2.45, 2.75) is 6.42 Å². The molecule has 6 nitrogen and oxygen atoms in total. The number of anilines is 2. The van der Waals surface area contributed by atoms with E-state index in [2.05, 4.69) is 10.2 Å². The van der Waals surface area contributed by atoms with Crippen molar-refractivity contribution in [1.29, 1.82) is 0 Å². The summed E-state index contributed by atoms with van der Waals surface area (Å²) in [4.78, 5) is 14.4. The average Bonchev–Trinajstić information content (AvgIpc) is 2.64. The van der Waals surface area contributed by atoms with E-state index in [1.54, 1.807) is 6.07 Å². The highest BCUT2D eigenvalue weighted by molar-refractivity contribution is 7.92. The molecule has 146 valence electrons. The fourth-order valence-corrected chi connectivity index (χ4v) is 3.26. The first-order valence-corrected chi connectivity index (χ1v) is 10.7. The minimum Gasteiger partial charge on any atom is -0.375 e. The predicted molar refractivity (Wildman–Crippen MR) is 111 cm³/mol. The molecule has 0 aromatic heterocycles. The molecule has 0 heterocycles. The van der Waals surface area contributed by atoms with Gasteiger partial charge in [-0.2, -0.15) is 0 Å². The van der Waals surface area contributed by atoms with Crippen molar-refractivity contribution in [1.82, 2.24) is 5.32 Å². The minimum atomic E-state index is -3.38. The fraction of sp³-hybridized carbons (Fsp3) is 0.316. The molecule has 0 radical (unpaired) electrons. The third-order valence-electron chi connectivity index (χ3n) is 4.21. The van der Waals surface area contributed by atoms with Gasteiger partial charge in [-0.05, 0) is 36.8 Å². The zero-order chi connectivity index (χ0) is 20.0. The number of carbonyl (C=O) groups is 1. The monoisotopic (exact) mass is 409 g/mol. The van der Waals surface area contributed by atoms with E-state index >= 15 is 0 Å². The summed E-state index contributed by atoms with van der Waals surface area (Å²) in [5.74, 6) is -0.282. The molecule has 0 aliphatic carbocycles. The van der Waals surface area contributed by atoms with Crippen LogP contribution in [0.25, 0.3) is 0 Å². The molecule has 0 spiro atoms. The van der Waals surface area contributed by atoms with E-state index in [1.807, 2.05) is 37.4 Å². The van der Waals surface area contributed by atoms with Gasteiger partial charge in [0.15, 0.2) is 0 Å². The number of benzene rings is 2. The number of halogens is 1. The predicted octanol–water partition coefficient (Wildman–Crippen LogP) is 2.99. The molecule has 27 heavy (non-hydrogen) atoms. The van der Waals surface area contributed by atoms with Gasteiger partial charge in [-0.1, -0.05) is 29.8 Å². The zero-order valence-corrected chi connectivity index (χ0v) is 17.2. The number of para-hydroxylation sites is 1. The van der Waals surface area contributed by atoms with Crippen LogP contribution in [0.3, 0.4) is 0 Å². The largest absolute Gasteiger partial charge is 0.375 e. The molecular weight excluding hydrogens is 386 g/mol.